The minimum atomic E-state index is -4.58. The number of alkyl halides is 3. The van der Waals surface area contributed by atoms with Crippen LogP contribution in [0.2, 0.25) is 5.02 Å². The van der Waals surface area contributed by atoms with Crippen LogP contribution in [-0.2, 0) is 19.1 Å². The molecule has 1 aromatic heterocycles. The van der Waals surface area contributed by atoms with Crippen molar-refractivity contribution in [2.45, 2.75) is 19.1 Å². The maximum absolute atomic E-state index is 12.7. The summed E-state index contributed by atoms with van der Waals surface area (Å²) in [6, 6.07) is 4.53. The van der Waals surface area contributed by atoms with Crippen molar-refractivity contribution in [1.82, 2.24) is 5.32 Å². The lowest BCUT2D eigenvalue weighted by molar-refractivity contribution is -0.608. The number of carbonyl (C=O) groups excluding carboxylic acids is 1. The molecule has 2 N–H and O–H groups in total. The van der Waals surface area contributed by atoms with Gasteiger partial charge in [-0.25, -0.2) is 0 Å². The maximum Gasteiger partial charge on any atom is 0.417 e. The minimum Gasteiger partial charge on any atom is -0.618 e. The summed E-state index contributed by atoms with van der Waals surface area (Å²) in [7, 11) is 0. The number of fused-ring (bicyclic) bond motifs is 1. The number of nitrogens with one attached hydrogen (secondary N) is 2. The number of amides is 1. The molecule has 0 unspecified atom stereocenters. The summed E-state index contributed by atoms with van der Waals surface area (Å²) >= 11 is 5.64. The fourth-order valence-electron chi connectivity index (χ4n) is 2.75. The molecule has 0 bridgehead atoms. The molecular formula is C16H13ClF3N3O2. The van der Waals surface area contributed by atoms with E-state index in [1.54, 1.807) is 6.07 Å². The Hall–Kier alpha value is -2.32. The predicted octanol–water partition coefficient (Wildman–Crippen LogP) is 2.89. The van der Waals surface area contributed by atoms with E-state index >= 15 is 0 Å². The molecule has 2 heterocycles. The van der Waals surface area contributed by atoms with Crippen molar-refractivity contribution < 1.29 is 22.7 Å². The van der Waals surface area contributed by atoms with Gasteiger partial charge in [0.2, 0.25) is 0 Å². The van der Waals surface area contributed by atoms with E-state index in [1.807, 2.05) is 0 Å². The van der Waals surface area contributed by atoms with Crippen LogP contribution in [0.15, 0.2) is 30.5 Å². The van der Waals surface area contributed by atoms with E-state index < -0.39 is 22.7 Å². The summed E-state index contributed by atoms with van der Waals surface area (Å²) in [6.45, 7) is 1.17. The molecule has 5 nitrogen and oxygen atoms in total. The topological polar surface area (TPSA) is 68.1 Å². The second-order valence-electron chi connectivity index (χ2n) is 5.57. The van der Waals surface area contributed by atoms with Crippen molar-refractivity contribution in [2.24, 2.45) is 0 Å². The average Bonchev–Trinajstić information content (AvgIpc) is 2.53. The zero-order chi connectivity index (χ0) is 18.2. The molecule has 1 amide bonds. The Morgan fingerprint density at radius 1 is 1.32 bits per heavy atom. The van der Waals surface area contributed by atoms with Crippen molar-refractivity contribution in [3.05, 3.63) is 63.1 Å². The number of benzene rings is 1. The van der Waals surface area contributed by atoms with Crippen LogP contribution in [0.4, 0.5) is 18.9 Å². The number of pyridine rings is 1. The summed E-state index contributed by atoms with van der Waals surface area (Å²) in [5.74, 6) is -0.690. The molecule has 0 saturated heterocycles. The van der Waals surface area contributed by atoms with E-state index in [2.05, 4.69) is 10.6 Å². The molecule has 0 spiro atoms. The van der Waals surface area contributed by atoms with E-state index in [1.165, 1.54) is 6.20 Å². The number of nitrogens with zero attached hydrogens (tertiary/aromatic N) is 1. The van der Waals surface area contributed by atoms with Crippen LogP contribution >= 0.6 is 11.6 Å². The molecule has 0 saturated carbocycles. The molecule has 0 atom stereocenters. The molecule has 0 radical (unpaired) electrons. The molecule has 0 aliphatic carbocycles. The van der Waals surface area contributed by atoms with Crippen molar-refractivity contribution in [3.63, 3.8) is 0 Å². The minimum absolute atomic E-state index is 0.0602. The summed E-state index contributed by atoms with van der Waals surface area (Å²) in [5.41, 5.74) is 0.500. The van der Waals surface area contributed by atoms with E-state index in [0.29, 0.717) is 29.8 Å². The number of carbonyl (C=O) groups is 1. The van der Waals surface area contributed by atoms with Crippen LogP contribution in [0.3, 0.4) is 0 Å². The van der Waals surface area contributed by atoms with E-state index in [9.17, 15) is 23.2 Å². The second-order valence-corrected chi connectivity index (χ2v) is 5.97. The van der Waals surface area contributed by atoms with Crippen molar-refractivity contribution in [2.75, 3.05) is 11.9 Å². The standard InChI is InChI=1S/C16H13ClF3N3O2/c17-13-7-10(1-2-12(13)16(18,19)20)22-15(24)14-11-3-5-21-8-9(11)4-6-23(14)25/h1-2,4,6-7,21H,3,5,8H2,(H,22,24). The largest absolute Gasteiger partial charge is 0.618 e. The highest BCUT2D eigenvalue weighted by Gasteiger charge is 2.33. The number of anilines is 1. The third kappa shape index (κ3) is 3.54. The third-order valence-electron chi connectivity index (χ3n) is 3.92. The van der Waals surface area contributed by atoms with Gasteiger partial charge >= 0.3 is 12.1 Å². The van der Waals surface area contributed by atoms with Gasteiger partial charge in [-0.3, -0.25) is 4.79 Å². The van der Waals surface area contributed by atoms with E-state index in [0.717, 1.165) is 23.8 Å². The highest BCUT2D eigenvalue weighted by atomic mass is 35.5. The molecule has 132 valence electrons. The van der Waals surface area contributed by atoms with Gasteiger partial charge in [0.1, 0.15) is 0 Å². The molecule has 1 aromatic carbocycles. The lowest BCUT2D eigenvalue weighted by Crippen LogP contribution is -2.41. The predicted molar refractivity (Wildman–Crippen MR) is 85.2 cm³/mol. The molecule has 1 aliphatic heterocycles. The smallest absolute Gasteiger partial charge is 0.417 e. The zero-order valence-corrected chi connectivity index (χ0v) is 13.5. The van der Waals surface area contributed by atoms with Crippen LogP contribution in [0.1, 0.15) is 27.2 Å². The molecule has 3 rings (SSSR count). The average molecular weight is 372 g/mol. The lowest BCUT2D eigenvalue weighted by Gasteiger charge is -2.19. The quantitative estimate of drug-likeness (QED) is 0.630. The third-order valence-corrected chi connectivity index (χ3v) is 4.23. The first-order valence-corrected chi connectivity index (χ1v) is 7.78. The number of rotatable bonds is 2. The second kappa shape index (κ2) is 6.53. The number of aromatic nitrogens is 1. The van der Waals surface area contributed by atoms with Gasteiger partial charge in [-0.15, -0.1) is 0 Å². The van der Waals surface area contributed by atoms with Crippen LogP contribution in [0, 0.1) is 5.21 Å². The Morgan fingerprint density at radius 3 is 2.76 bits per heavy atom. The molecule has 1 aliphatic rings. The van der Waals surface area contributed by atoms with Crippen LogP contribution in [-0.4, -0.2) is 12.5 Å². The highest BCUT2D eigenvalue weighted by Crippen LogP contribution is 2.35. The fraction of sp³-hybridized carbons (Fsp3) is 0.250. The van der Waals surface area contributed by atoms with Gasteiger partial charge in [0.15, 0.2) is 6.20 Å². The first-order chi connectivity index (χ1) is 11.8. The lowest BCUT2D eigenvalue weighted by atomic mass is 9.99. The van der Waals surface area contributed by atoms with Crippen molar-refractivity contribution >= 4 is 23.2 Å². The summed E-state index contributed by atoms with van der Waals surface area (Å²) in [5, 5.41) is 17.1. The van der Waals surface area contributed by atoms with Gasteiger partial charge in [-0.05, 0) is 36.7 Å². The Morgan fingerprint density at radius 2 is 2.08 bits per heavy atom. The normalized spacial score (nSPS) is 14.1. The number of halogens is 4. The van der Waals surface area contributed by atoms with Crippen LogP contribution < -0.4 is 15.4 Å². The van der Waals surface area contributed by atoms with Gasteiger partial charge < -0.3 is 15.8 Å². The summed E-state index contributed by atoms with van der Waals surface area (Å²) in [4.78, 5) is 12.5. The number of hydrogen-bond donors (Lipinski definition) is 2. The summed E-state index contributed by atoms with van der Waals surface area (Å²) < 4.78 is 38.6. The first kappa shape index (κ1) is 17.5. The van der Waals surface area contributed by atoms with Crippen molar-refractivity contribution in [3.8, 4) is 0 Å². The SMILES string of the molecule is O=C(Nc1ccc(C(F)(F)F)c(Cl)c1)c1c2c(cc[n+]1[O-])CNCC2. The zero-order valence-electron chi connectivity index (χ0n) is 12.8. The molecular weight excluding hydrogens is 359 g/mol. The Labute approximate surface area is 146 Å². The molecule has 0 fully saturated rings. The Bertz CT molecular complexity index is 840. The van der Waals surface area contributed by atoms with E-state index in [4.69, 9.17) is 11.6 Å². The van der Waals surface area contributed by atoms with E-state index in [-0.39, 0.29) is 11.4 Å². The Kier molecular flexibility index (Phi) is 4.57. The number of hydrogen-bond acceptors (Lipinski definition) is 3. The maximum atomic E-state index is 12.7. The molecule has 2 aromatic rings. The summed E-state index contributed by atoms with van der Waals surface area (Å²) in [6.07, 6.45) is -2.83. The van der Waals surface area contributed by atoms with Gasteiger partial charge in [0.25, 0.3) is 5.69 Å². The highest BCUT2D eigenvalue weighted by molar-refractivity contribution is 6.31. The van der Waals surface area contributed by atoms with Gasteiger partial charge in [0.05, 0.1) is 10.6 Å². The molecule has 25 heavy (non-hydrogen) atoms. The first-order valence-electron chi connectivity index (χ1n) is 7.40. The monoisotopic (exact) mass is 371 g/mol. The van der Waals surface area contributed by atoms with Gasteiger partial charge in [-0.1, -0.05) is 11.6 Å². The van der Waals surface area contributed by atoms with Crippen LogP contribution in [0.5, 0.6) is 0 Å². The Balaban J connectivity index is 1.90. The van der Waals surface area contributed by atoms with Gasteiger partial charge in [-0.2, -0.15) is 17.9 Å². The molecule has 9 heteroatoms. The fourth-order valence-corrected chi connectivity index (χ4v) is 3.04. The van der Waals surface area contributed by atoms with Crippen molar-refractivity contribution in [1.29, 1.82) is 0 Å². The van der Waals surface area contributed by atoms with Crippen LogP contribution in [0.25, 0.3) is 0 Å². The van der Waals surface area contributed by atoms with Gasteiger partial charge in [0, 0.05) is 23.9 Å².